The van der Waals surface area contributed by atoms with Gasteiger partial charge in [-0.2, -0.15) is 0 Å². The molecule has 0 spiro atoms. The first-order chi connectivity index (χ1) is 15.0. The van der Waals surface area contributed by atoms with E-state index in [0.29, 0.717) is 6.42 Å². The van der Waals surface area contributed by atoms with Crippen LogP contribution < -0.4 is 0 Å². The van der Waals surface area contributed by atoms with Crippen LogP contribution >= 0.6 is 0 Å². The van der Waals surface area contributed by atoms with Gasteiger partial charge in [-0.1, -0.05) is 64.0 Å². The number of hydrogen-bond acceptors (Lipinski definition) is 7. The van der Waals surface area contributed by atoms with Gasteiger partial charge in [0.05, 0.1) is 25.9 Å². The molecule has 0 aromatic rings. The van der Waals surface area contributed by atoms with Crippen LogP contribution in [-0.4, -0.2) is 71.1 Å². The van der Waals surface area contributed by atoms with Gasteiger partial charge in [0.2, 0.25) is 0 Å². The summed E-state index contributed by atoms with van der Waals surface area (Å²) in [5.41, 5.74) is 0. The lowest BCUT2D eigenvalue weighted by Gasteiger charge is -2.17. The van der Waals surface area contributed by atoms with Crippen LogP contribution in [0.2, 0.25) is 0 Å². The summed E-state index contributed by atoms with van der Waals surface area (Å²) in [5.74, 6) is -0.319. The first-order valence-electron chi connectivity index (χ1n) is 12.0. The molecule has 0 aromatic heterocycles. The fourth-order valence-electron chi connectivity index (χ4n) is 3.07. The Hall–Kier alpha value is -0.990. The molecular formula is C24H46O7. The second-order valence-electron chi connectivity index (χ2n) is 8.17. The van der Waals surface area contributed by atoms with E-state index in [0.717, 1.165) is 57.8 Å². The van der Waals surface area contributed by atoms with Gasteiger partial charge in [-0.3, -0.25) is 4.79 Å². The molecule has 2 unspecified atom stereocenters. The van der Waals surface area contributed by atoms with Crippen LogP contribution in [0.1, 0.15) is 90.4 Å². The standard InChI is InChI=1S/C24H46O7/c1-2-3-4-11-14-21(27)15-12-9-7-5-6-8-10-13-16-24(29)31-20-23(18-26)30-19-22(28)17-25/h9,12,21-23,25-28H,2-8,10-11,13-20H2,1H3/b12-9-/t21-,22?,23?/m1/s1. The minimum absolute atomic E-state index is 0.0622. The Bertz CT molecular complexity index is 428. The summed E-state index contributed by atoms with van der Waals surface area (Å²) in [6.45, 7) is 1.27. The summed E-state index contributed by atoms with van der Waals surface area (Å²) < 4.78 is 10.3. The lowest BCUT2D eigenvalue weighted by Crippen LogP contribution is -2.30. The van der Waals surface area contributed by atoms with Crippen molar-refractivity contribution in [2.75, 3.05) is 26.4 Å². The number of carbonyl (C=O) groups excluding carboxylic acids is 1. The molecule has 0 heterocycles. The molecule has 0 aliphatic rings. The maximum atomic E-state index is 11.7. The van der Waals surface area contributed by atoms with E-state index in [4.69, 9.17) is 14.6 Å². The molecule has 0 saturated heterocycles. The first kappa shape index (κ1) is 30.0. The van der Waals surface area contributed by atoms with E-state index < -0.39 is 18.8 Å². The molecule has 4 N–H and O–H groups in total. The second kappa shape index (κ2) is 22.2. The number of unbranched alkanes of at least 4 members (excludes halogenated alkanes) is 8. The Balaban J connectivity index is 3.54. The molecule has 7 heteroatoms. The molecule has 31 heavy (non-hydrogen) atoms. The summed E-state index contributed by atoms with van der Waals surface area (Å²) >= 11 is 0. The lowest BCUT2D eigenvalue weighted by atomic mass is 10.1. The van der Waals surface area contributed by atoms with Crippen molar-refractivity contribution in [2.24, 2.45) is 0 Å². The molecule has 0 radical (unpaired) electrons. The van der Waals surface area contributed by atoms with Crippen LogP contribution in [0.4, 0.5) is 0 Å². The molecule has 0 saturated carbocycles. The first-order valence-corrected chi connectivity index (χ1v) is 12.0. The summed E-state index contributed by atoms with van der Waals surface area (Å²) in [4.78, 5) is 11.7. The minimum Gasteiger partial charge on any atom is -0.463 e. The molecule has 3 atom stereocenters. The van der Waals surface area contributed by atoms with Gasteiger partial charge in [0, 0.05) is 6.42 Å². The molecule has 0 rings (SSSR count). The van der Waals surface area contributed by atoms with Gasteiger partial charge in [-0.05, 0) is 32.1 Å². The molecule has 0 fully saturated rings. The van der Waals surface area contributed by atoms with Crippen LogP contribution in [-0.2, 0) is 14.3 Å². The van der Waals surface area contributed by atoms with Crippen LogP contribution in [0.25, 0.3) is 0 Å². The average Bonchev–Trinajstić information content (AvgIpc) is 2.77. The van der Waals surface area contributed by atoms with E-state index >= 15 is 0 Å². The fourth-order valence-corrected chi connectivity index (χ4v) is 3.07. The number of aliphatic hydroxyl groups excluding tert-OH is 4. The number of esters is 1. The van der Waals surface area contributed by atoms with E-state index in [1.807, 2.05) is 0 Å². The zero-order valence-corrected chi connectivity index (χ0v) is 19.4. The second-order valence-corrected chi connectivity index (χ2v) is 8.17. The third kappa shape index (κ3) is 20.7. The monoisotopic (exact) mass is 446 g/mol. The maximum Gasteiger partial charge on any atom is 0.305 e. The smallest absolute Gasteiger partial charge is 0.305 e. The van der Waals surface area contributed by atoms with Gasteiger partial charge in [0.15, 0.2) is 0 Å². The highest BCUT2D eigenvalue weighted by Crippen LogP contribution is 2.11. The zero-order valence-electron chi connectivity index (χ0n) is 19.4. The molecule has 7 nitrogen and oxygen atoms in total. The number of allylic oxidation sites excluding steroid dienone is 1. The molecule has 0 aliphatic heterocycles. The topological polar surface area (TPSA) is 116 Å². The maximum absolute atomic E-state index is 11.7. The number of rotatable bonds is 22. The molecule has 0 aromatic carbocycles. The van der Waals surface area contributed by atoms with Crippen molar-refractivity contribution in [3.05, 3.63) is 12.2 Å². The highest BCUT2D eigenvalue weighted by molar-refractivity contribution is 5.69. The summed E-state index contributed by atoms with van der Waals surface area (Å²) in [5, 5.41) is 37.0. The normalized spacial score (nSPS) is 14.6. The van der Waals surface area contributed by atoms with E-state index in [-0.39, 0.29) is 31.9 Å². The van der Waals surface area contributed by atoms with E-state index in [9.17, 15) is 20.1 Å². The van der Waals surface area contributed by atoms with E-state index in [1.54, 1.807) is 0 Å². The average molecular weight is 447 g/mol. The Kier molecular flexibility index (Phi) is 21.5. The zero-order chi connectivity index (χ0) is 23.2. The third-order valence-electron chi connectivity index (χ3n) is 5.09. The highest BCUT2D eigenvalue weighted by Gasteiger charge is 2.13. The van der Waals surface area contributed by atoms with Crippen molar-refractivity contribution < 1.29 is 34.7 Å². The van der Waals surface area contributed by atoms with Crippen LogP contribution in [0.15, 0.2) is 12.2 Å². The summed E-state index contributed by atoms with van der Waals surface area (Å²) in [6.07, 6.45) is 15.2. The molecule has 184 valence electrons. The van der Waals surface area contributed by atoms with Gasteiger partial charge < -0.3 is 29.9 Å². The number of carbonyl (C=O) groups is 1. The van der Waals surface area contributed by atoms with Crippen LogP contribution in [0.3, 0.4) is 0 Å². The van der Waals surface area contributed by atoms with Gasteiger partial charge in [0.25, 0.3) is 0 Å². The largest absolute Gasteiger partial charge is 0.463 e. The third-order valence-corrected chi connectivity index (χ3v) is 5.09. The van der Waals surface area contributed by atoms with Gasteiger partial charge in [-0.25, -0.2) is 0 Å². The Labute approximate surface area is 188 Å². The highest BCUT2D eigenvalue weighted by atomic mass is 16.6. The summed E-state index contributed by atoms with van der Waals surface area (Å²) in [7, 11) is 0. The lowest BCUT2D eigenvalue weighted by molar-refractivity contribution is -0.150. The van der Waals surface area contributed by atoms with Gasteiger partial charge in [-0.15, -0.1) is 0 Å². The fraction of sp³-hybridized carbons (Fsp3) is 0.875. The molecule has 0 bridgehead atoms. The van der Waals surface area contributed by atoms with Crippen molar-refractivity contribution in [3.8, 4) is 0 Å². The quantitative estimate of drug-likeness (QED) is 0.115. The minimum atomic E-state index is -1.01. The summed E-state index contributed by atoms with van der Waals surface area (Å²) in [6, 6.07) is 0. The number of ether oxygens (including phenoxy) is 2. The van der Waals surface area contributed by atoms with Crippen molar-refractivity contribution in [3.63, 3.8) is 0 Å². The number of hydrogen-bond donors (Lipinski definition) is 4. The van der Waals surface area contributed by atoms with E-state index in [2.05, 4.69) is 19.1 Å². The molecule has 0 aliphatic carbocycles. The Morgan fingerprint density at radius 3 is 2.26 bits per heavy atom. The predicted molar refractivity (Wildman–Crippen MR) is 122 cm³/mol. The SMILES string of the molecule is CCCCCC[C@@H](O)C/C=C\CCCCCCCC(=O)OCC(CO)OCC(O)CO. The van der Waals surface area contributed by atoms with Crippen LogP contribution in [0, 0.1) is 0 Å². The van der Waals surface area contributed by atoms with Crippen molar-refractivity contribution in [1.29, 1.82) is 0 Å². The van der Waals surface area contributed by atoms with Crippen molar-refractivity contribution in [2.45, 2.75) is 109 Å². The van der Waals surface area contributed by atoms with Crippen molar-refractivity contribution >= 4 is 5.97 Å². The Morgan fingerprint density at radius 2 is 1.55 bits per heavy atom. The Morgan fingerprint density at radius 1 is 0.839 bits per heavy atom. The molecule has 0 amide bonds. The molecular weight excluding hydrogens is 400 g/mol. The van der Waals surface area contributed by atoms with Crippen molar-refractivity contribution in [1.82, 2.24) is 0 Å². The van der Waals surface area contributed by atoms with E-state index in [1.165, 1.54) is 19.3 Å². The van der Waals surface area contributed by atoms with Gasteiger partial charge in [0.1, 0.15) is 18.8 Å². The number of aliphatic hydroxyl groups is 4. The van der Waals surface area contributed by atoms with Crippen LogP contribution in [0.5, 0.6) is 0 Å². The van der Waals surface area contributed by atoms with Gasteiger partial charge >= 0.3 is 5.97 Å². The predicted octanol–water partition coefficient (Wildman–Crippen LogP) is 3.27.